The monoisotopic (exact) mass is 304 g/mol. The Kier molecular flexibility index (Phi) is 5.26. The van der Waals surface area contributed by atoms with Crippen molar-refractivity contribution in [2.24, 2.45) is 11.7 Å². The highest BCUT2D eigenvalue weighted by Gasteiger charge is 2.28. The second-order valence-corrected chi connectivity index (χ2v) is 6.19. The van der Waals surface area contributed by atoms with Crippen LogP contribution in [0, 0.1) is 5.92 Å². The van der Waals surface area contributed by atoms with Crippen LogP contribution >= 0.6 is 12.4 Å². The average Bonchev–Trinajstić information content (AvgIpc) is 2.96. The van der Waals surface area contributed by atoms with E-state index in [1.54, 1.807) is 0 Å². The molecule has 0 saturated carbocycles. The fourth-order valence-corrected chi connectivity index (χ4v) is 3.27. The zero-order valence-electron chi connectivity index (χ0n) is 12.8. The summed E-state index contributed by atoms with van der Waals surface area (Å²) >= 11 is 0. The van der Waals surface area contributed by atoms with E-state index >= 15 is 0 Å². The summed E-state index contributed by atoms with van der Waals surface area (Å²) in [5.74, 6) is 0.651. The molecule has 3 heteroatoms. The molecule has 0 spiro atoms. The van der Waals surface area contributed by atoms with E-state index in [2.05, 4.69) is 61.2 Å². The van der Waals surface area contributed by atoms with Crippen LogP contribution in [0.25, 0.3) is 10.8 Å². The molecule has 114 valence electrons. The van der Waals surface area contributed by atoms with E-state index in [0.717, 1.165) is 6.54 Å². The van der Waals surface area contributed by atoms with Crippen LogP contribution in [0.3, 0.4) is 0 Å². The van der Waals surface area contributed by atoms with E-state index < -0.39 is 0 Å². The second kappa shape index (κ2) is 6.78. The molecule has 0 amide bonds. The van der Waals surface area contributed by atoms with Crippen LogP contribution in [0.4, 0.5) is 0 Å². The van der Waals surface area contributed by atoms with E-state index in [4.69, 9.17) is 5.73 Å². The van der Waals surface area contributed by atoms with Crippen LogP contribution in [0.5, 0.6) is 0 Å². The number of hydrogen-bond acceptors (Lipinski definition) is 2. The molecule has 1 aliphatic rings. The third-order valence-electron chi connectivity index (χ3n) is 4.80. The molecule has 0 aromatic heterocycles. The van der Waals surface area contributed by atoms with Crippen LogP contribution < -0.4 is 5.73 Å². The van der Waals surface area contributed by atoms with Crippen LogP contribution in [0.1, 0.15) is 31.9 Å². The molecule has 3 atom stereocenters. The summed E-state index contributed by atoms with van der Waals surface area (Å²) in [5.41, 5.74) is 7.46. The van der Waals surface area contributed by atoms with Crippen molar-refractivity contribution in [2.75, 3.05) is 13.1 Å². The third kappa shape index (κ3) is 3.39. The van der Waals surface area contributed by atoms with Gasteiger partial charge in [0.25, 0.3) is 0 Å². The largest absolute Gasteiger partial charge is 0.328 e. The molecule has 2 aromatic rings. The van der Waals surface area contributed by atoms with Gasteiger partial charge in [0, 0.05) is 18.6 Å². The quantitative estimate of drug-likeness (QED) is 0.929. The van der Waals surface area contributed by atoms with Crippen molar-refractivity contribution < 1.29 is 0 Å². The van der Waals surface area contributed by atoms with Crippen molar-refractivity contribution in [1.29, 1.82) is 0 Å². The minimum Gasteiger partial charge on any atom is -0.328 e. The lowest BCUT2D eigenvalue weighted by Crippen LogP contribution is -2.30. The second-order valence-electron chi connectivity index (χ2n) is 6.19. The zero-order valence-corrected chi connectivity index (χ0v) is 13.6. The van der Waals surface area contributed by atoms with Crippen LogP contribution in [-0.2, 0) is 0 Å². The average molecular weight is 305 g/mol. The van der Waals surface area contributed by atoms with Gasteiger partial charge in [-0.2, -0.15) is 0 Å². The molecule has 2 aromatic carbocycles. The highest BCUT2D eigenvalue weighted by atomic mass is 35.5. The Morgan fingerprint density at radius 2 is 1.81 bits per heavy atom. The first-order valence-electron chi connectivity index (χ1n) is 7.63. The number of rotatable bonds is 3. The number of halogens is 1. The maximum atomic E-state index is 6.05. The van der Waals surface area contributed by atoms with E-state index in [1.165, 1.54) is 29.3 Å². The van der Waals surface area contributed by atoms with Crippen molar-refractivity contribution in [3.05, 3.63) is 48.0 Å². The topological polar surface area (TPSA) is 29.3 Å². The maximum Gasteiger partial charge on any atom is 0.0320 e. The molecule has 0 bridgehead atoms. The van der Waals surface area contributed by atoms with Gasteiger partial charge in [-0.05, 0) is 55.1 Å². The molecule has 0 radical (unpaired) electrons. The summed E-state index contributed by atoms with van der Waals surface area (Å²) in [6, 6.07) is 16.2. The van der Waals surface area contributed by atoms with Gasteiger partial charge in [-0.25, -0.2) is 0 Å². The summed E-state index contributed by atoms with van der Waals surface area (Å²) in [5, 5.41) is 2.65. The maximum absolute atomic E-state index is 6.05. The van der Waals surface area contributed by atoms with Gasteiger partial charge in [0.05, 0.1) is 0 Å². The minimum atomic E-state index is 0. The van der Waals surface area contributed by atoms with Gasteiger partial charge in [-0.15, -0.1) is 12.4 Å². The Hall–Kier alpha value is -1.09. The molecule has 1 aliphatic heterocycles. The fraction of sp³-hybridized carbons (Fsp3) is 0.444. The van der Waals surface area contributed by atoms with Gasteiger partial charge < -0.3 is 5.73 Å². The van der Waals surface area contributed by atoms with Gasteiger partial charge in [-0.3, -0.25) is 4.90 Å². The Bertz CT molecular complexity index is 597. The third-order valence-corrected chi connectivity index (χ3v) is 4.80. The lowest BCUT2D eigenvalue weighted by Gasteiger charge is -2.25. The highest BCUT2D eigenvalue weighted by molar-refractivity contribution is 5.85. The van der Waals surface area contributed by atoms with Gasteiger partial charge in [0.15, 0.2) is 0 Å². The lowest BCUT2D eigenvalue weighted by atomic mass is 10.0. The molecule has 1 fully saturated rings. The normalized spacial score (nSPS) is 22.0. The van der Waals surface area contributed by atoms with E-state index in [1.807, 2.05) is 0 Å². The molecule has 3 rings (SSSR count). The van der Waals surface area contributed by atoms with Crippen molar-refractivity contribution in [1.82, 2.24) is 4.90 Å². The van der Waals surface area contributed by atoms with Crippen LogP contribution in [0.2, 0.25) is 0 Å². The predicted molar refractivity (Wildman–Crippen MR) is 92.9 cm³/mol. The molecule has 1 heterocycles. The summed E-state index contributed by atoms with van der Waals surface area (Å²) in [4.78, 5) is 2.57. The minimum absolute atomic E-state index is 0. The van der Waals surface area contributed by atoms with Gasteiger partial charge in [-0.1, -0.05) is 36.4 Å². The Morgan fingerprint density at radius 1 is 1.10 bits per heavy atom. The van der Waals surface area contributed by atoms with Crippen LogP contribution in [0.15, 0.2) is 42.5 Å². The first kappa shape index (κ1) is 16.3. The molecule has 21 heavy (non-hydrogen) atoms. The first-order chi connectivity index (χ1) is 9.65. The van der Waals surface area contributed by atoms with Crippen molar-refractivity contribution in [3.63, 3.8) is 0 Å². The number of fused-ring (bicyclic) bond motifs is 1. The smallest absolute Gasteiger partial charge is 0.0320 e. The van der Waals surface area contributed by atoms with Crippen molar-refractivity contribution in [3.8, 4) is 0 Å². The van der Waals surface area contributed by atoms with Gasteiger partial charge in [0.2, 0.25) is 0 Å². The Balaban J connectivity index is 0.00000161. The van der Waals surface area contributed by atoms with E-state index in [0.29, 0.717) is 18.0 Å². The summed E-state index contributed by atoms with van der Waals surface area (Å²) in [6.07, 6.45) is 1.23. The Labute approximate surface area is 133 Å². The van der Waals surface area contributed by atoms with Gasteiger partial charge >= 0.3 is 0 Å². The highest BCUT2D eigenvalue weighted by Crippen LogP contribution is 2.30. The summed E-state index contributed by atoms with van der Waals surface area (Å²) < 4.78 is 0. The number of nitrogens with two attached hydrogens (primary N) is 1. The SMILES string of the molecule is CC(N)C1CCN(C(C)c2ccc3ccccc3c2)C1.Cl. The number of likely N-dealkylation sites (tertiary alicyclic amines) is 1. The molecule has 1 saturated heterocycles. The molecule has 0 aliphatic carbocycles. The molecule has 2 nitrogen and oxygen atoms in total. The summed E-state index contributed by atoms with van der Waals surface area (Å²) in [6.45, 7) is 6.74. The molecular formula is C18H25ClN2. The predicted octanol–water partition coefficient (Wildman–Crippen LogP) is 3.99. The van der Waals surface area contributed by atoms with Crippen LogP contribution in [-0.4, -0.2) is 24.0 Å². The lowest BCUT2D eigenvalue weighted by molar-refractivity contribution is 0.248. The first-order valence-corrected chi connectivity index (χ1v) is 7.63. The number of hydrogen-bond donors (Lipinski definition) is 1. The van der Waals surface area contributed by atoms with Crippen molar-refractivity contribution >= 4 is 23.2 Å². The van der Waals surface area contributed by atoms with E-state index in [-0.39, 0.29) is 12.4 Å². The molecule has 3 unspecified atom stereocenters. The van der Waals surface area contributed by atoms with Gasteiger partial charge in [0.1, 0.15) is 0 Å². The molecule has 2 N–H and O–H groups in total. The molecular weight excluding hydrogens is 280 g/mol. The summed E-state index contributed by atoms with van der Waals surface area (Å²) in [7, 11) is 0. The number of nitrogens with zero attached hydrogens (tertiary/aromatic N) is 1. The van der Waals surface area contributed by atoms with Crippen molar-refractivity contribution in [2.45, 2.75) is 32.4 Å². The zero-order chi connectivity index (χ0) is 14.1. The number of benzene rings is 2. The fourth-order valence-electron chi connectivity index (χ4n) is 3.27. The standard InChI is InChI=1S/C18H24N2.ClH/c1-13(19)18-9-10-20(12-18)14(2)16-8-7-15-5-3-4-6-17(15)11-16;/h3-8,11,13-14,18H,9-10,12,19H2,1-2H3;1H. The Morgan fingerprint density at radius 3 is 2.48 bits per heavy atom. The van der Waals surface area contributed by atoms with E-state index in [9.17, 15) is 0 Å².